The Labute approximate surface area is 117 Å². The SMILES string of the molecule is CCc1nn(CC)c(CC2CNCCC2O)c1Br. The molecule has 0 bridgehead atoms. The molecule has 0 radical (unpaired) electrons. The zero-order valence-corrected chi connectivity index (χ0v) is 12.7. The lowest BCUT2D eigenvalue weighted by Crippen LogP contribution is -2.41. The number of hydrogen-bond donors (Lipinski definition) is 2. The topological polar surface area (TPSA) is 50.1 Å². The Kier molecular flexibility index (Phi) is 4.81. The monoisotopic (exact) mass is 315 g/mol. The summed E-state index contributed by atoms with van der Waals surface area (Å²) in [6.45, 7) is 6.92. The molecule has 2 unspecified atom stereocenters. The number of nitrogens with zero attached hydrogens (tertiary/aromatic N) is 2. The Morgan fingerprint density at radius 1 is 1.50 bits per heavy atom. The highest BCUT2D eigenvalue weighted by molar-refractivity contribution is 9.10. The Hall–Kier alpha value is -0.390. The van der Waals surface area contributed by atoms with Crippen LogP contribution in [0.4, 0.5) is 0 Å². The first-order valence-corrected chi connectivity index (χ1v) is 7.59. The van der Waals surface area contributed by atoms with Crippen molar-refractivity contribution in [1.82, 2.24) is 15.1 Å². The third kappa shape index (κ3) is 2.78. The minimum Gasteiger partial charge on any atom is -0.393 e. The van der Waals surface area contributed by atoms with E-state index in [2.05, 4.69) is 44.9 Å². The normalized spacial score (nSPS) is 24.4. The van der Waals surface area contributed by atoms with Gasteiger partial charge in [0.2, 0.25) is 0 Å². The second-order valence-corrected chi connectivity index (χ2v) is 5.69. The van der Waals surface area contributed by atoms with Gasteiger partial charge in [-0.05, 0) is 48.7 Å². The van der Waals surface area contributed by atoms with Crippen molar-refractivity contribution in [3.8, 4) is 0 Å². The zero-order valence-electron chi connectivity index (χ0n) is 11.1. The van der Waals surface area contributed by atoms with Crippen LogP contribution < -0.4 is 5.32 Å². The molecule has 0 saturated carbocycles. The molecule has 2 rings (SSSR count). The Morgan fingerprint density at radius 2 is 2.28 bits per heavy atom. The van der Waals surface area contributed by atoms with Gasteiger partial charge in [-0.25, -0.2) is 0 Å². The third-order valence-electron chi connectivity index (χ3n) is 3.72. The lowest BCUT2D eigenvalue weighted by molar-refractivity contribution is 0.0780. The van der Waals surface area contributed by atoms with E-state index in [0.717, 1.165) is 49.1 Å². The molecule has 1 aliphatic heterocycles. The minimum absolute atomic E-state index is 0.191. The average Bonchev–Trinajstić information content (AvgIpc) is 2.69. The molecule has 4 nitrogen and oxygen atoms in total. The maximum absolute atomic E-state index is 10.1. The van der Waals surface area contributed by atoms with Crippen molar-refractivity contribution >= 4 is 15.9 Å². The molecule has 0 amide bonds. The number of halogens is 1. The number of hydrogen-bond acceptors (Lipinski definition) is 3. The van der Waals surface area contributed by atoms with E-state index in [9.17, 15) is 5.11 Å². The summed E-state index contributed by atoms with van der Waals surface area (Å²) in [4.78, 5) is 0. The van der Waals surface area contributed by atoms with E-state index >= 15 is 0 Å². The predicted octanol–water partition coefficient (Wildman–Crippen LogP) is 1.74. The van der Waals surface area contributed by atoms with E-state index in [0.29, 0.717) is 5.92 Å². The third-order valence-corrected chi connectivity index (χ3v) is 4.63. The molecular formula is C13H22BrN3O. The molecule has 1 saturated heterocycles. The first kappa shape index (κ1) is 14.0. The van der Waals surface area contributed by atoms with E-state index in [-0.39, 0.29) is 6.10 Å². The van der Waals surface area contributed by atoms with Gasteiger partial charge in [-0.1, -0.05) is 6.92 Å². The van der Waals surface area contributed by atoms with Crippen LogP contribution in [0.1, 0.15) is 31.7 Å². The molecule has 1 fully saturated rings. The number of aliphatic hydroxyl groups excluding tert-OH is 1. The molecule has 1 aliphatic rings. The zero-order chi connectivity index (χ0) is 13.1. The molecule has 5 heteroatoms. The van der Waals surface area contributed by atoms with Crippen LogP contribution in [0, 0.1) is 5.92 Å². The highest BCUT2D eigenvalue weighted by Gasteiger charge is 2.26. The van der Waals surface area contributed by atoms with Crippen LogP contribution in [0.15, 0.2) is 4.47 Å². The van der Waals surface area contributed by atoms with Crippen molar-refractivity contribution in [3.63, 3.8) is 0 Å². The molecule has 0 aliphatic carbocycles. The predicted molar refractivity (Wildman–Crippen MR) is 75.7 cm³/mol. The molecule has 0 aromatic carbocycles. The fraction of sp³-hybridized carbons (Fsp3) is 0.769. The van der Waals surface area contributed by atoms with Gasteiger partial charge in [-0.15, -0.1) is 0 Å². The average molecular weight is 316 g/mol. The van der Waals surface area contributed by atoms with Crippen LogP contribution in [0.2, 0.25) is 0 Å². The van der Waals surface area contributed by atoms with Gasteiger partial charge in [0.25, 0.3) is 0 Å². The number of piperidine rings is 1. The van der Waals surface area contributed by atoms with Gasteiger partial charge in [0.15, 0.2) is 0 Å². The van der Waals surface area contributed by atoms with E-state index in [1.807, 2.05) is 0 Å². The Bertz CT molecular complexity index is 405. The van der Waals surface area contributed by atoms with Crippen LogP contribution in [0.5, 0.6) is 0 Å². The number of rotatable bonds is 4. The largest absolute Gasteiger partial charge is 0.393 e. The number of aliphatic hydroxyl groups is 1. The van der Waals surface area contributed by atoms with E-state index in [4.69, 9.17) is 0 Å². The van der Waals surface area contributed by atoms with E-state index < -0.39 is 0 Å². The van der Waals surface area contributed by atoms with Gasteiger partial charge in [-0.2, -0.15) is 5.10 Å². The smallest absolute Gasteiger partial charge is 0.0766 e. The van der Waals surface area contributed by atoms with Gasteiger partial charge in [0.05, 0.1) is 22.0 Å². The molecule has 0 spiro atoms. The molecular weight excluding hydrogens is 294 g/mol. The van der Waals surface area contributed by atoms with Gasteiger partial charge in [-0.3, -0.25) is 4.68 Å². The van der Waals surface area contributed by atoms with Gasteiger partial charge < -0.3 is 10.4 Å². The maximum atomic E-state index is 10.1. The standard InChI is InChI=1S/C13H22BrN3O/c1-3-10-13(14)11(17(4-2)16-10)7-9-8-15-6-5-12(9)18/h9,12,15,18H,3-8H2,1-2H3. The molecule has 2 N–H and O–H groups in total. The van der Waals surface area contributed by atoms with Crippen molar-refractivity contribution < 1.29 is 5.11 Å². The molecule has 1 aromatic rings. The first-order chi connectivity index (χ1) is 8.67. The van der Waals surface area contributed by atoms with Crippen LogP contribution in [-0.4, -0.2) is 34.1 Å². The number of aromatic nitrogens is 2. The summed E-state index contributed by atoms with van der Waals surface area (Å²) in [6, 6.07) is 0. The van der Waals surface area contributed by atoms with Crippen molar-refractivity contribution in [3.05, 3.63) is 15.9 Å². The lowest BCUT2D eigenvalue weighted by atomic mass is 9.91. The number of aryl methyl sites for hydroxylation is 2. The van der Waals surface area contributed by atoms with E-state index in [1.165, 1.54) is 5.69 Å². The van der Waals surface area contributed by atoms with Crippen molar-refractivity contribution in [2.75, 3.05) is 13.1 Å². The molecule has 2 heterocycles. The maximum Gasteiger partial charge on any atom is 0.0766 e. The number of nitrogens with one attached hydrogen (secondary N) is 1. The van der Waals surface area contributed by atoms with Crippen LogP contribution in [0.25, 0.3) is 0 Å². The minimum atomic E-state index is -0.191. The van der Waals surface area contributed by atoms with Crippen molar-refractivity contribution in [2.45, 2.75) is 45.8 Å². The second kappa shape index (κ2) is 6.17. The van der Waals surface area contributed by atoms with Gasteiger partial charge in [0, 0.05) is 19.0 Å². The fourth-order valence-corrected chi connectivity index (χ4v) is 3.30. The Balaban J connectivity index is 2.19. The molecule has 2 atom stereocenters. The summed E-state index contributed by atoms with van der Waals surface area (Å²) in [5.41, 5.74) is 2.34. The van der Waals surface area contributed by atoms with Crippen LogP contribution in [-0.2, 0) is 19.4 Å². The van der Waals surface area contributed by atoms with Crippen LogP contribution >= 0.6 is 15.9 Å². The molecule has 102 valence electrons. The summed E-state index contributed by atoms with van der Waals surface area (Å²) in [6.07, 6.45) is 2.48. The molecule has 18 heavy (non-hydrogen) atoms. The second-order valence-electron chi connectivity index (χ2n) is 4.90. The lowest BCUT2D eigenvalue weighted by Gasteiger charge is -2.28. The van der Waals surface area contributed by atoms with Gasteiger partial charge in [0.1, 0.15) is 0 Å². The Morgan fingerprint density at radius 3 is 2.89 bits per heavy atom. The summed E-state index contributed by atoms with van der Waals surface area (Å²) in [5, 5.41) is 18.0. The summed E-state index contributed by atoms with van der Waals surface area (Å²) in [5.74, 6) is 0.293. The van der Waals surface area contributed by atoms with Gasteiger partial charge >= 0.3 is 0 Å². The quantitative estimate of drug-likeness (QED) is 0.890. The fourth-order valence-electron chi connectivity index (χ4n) is 2.58. The summed E-state index contributed by atoms with van der Waals surface area (Å²) >= 11 is 3.66. The van der Waals surface area contributed by atoms with Crippen molar-refractivity contribution in [2.24, 2.45) is 5.92 Å². The highest BCUT2D eigenvalue weighted by atomic mass is 79.9. The van der Waals surface area contributed by atoms with Crippen LogP contribution in [0.3, 0.4) is 0 Å². The highest BCUT2D eigenvalue weighted by Crippen LogP contribution is 2.26. The van der Waals surface area contributed by atoms with E-state index in [1.54, 1.807) is 0 Å². The first-order valence-electron chi connectivity index (χ1n) is 6.80. The molecule has 1 aromatic heterocycles. The summed E-state index contributed by atoms with van der Waals surface area (Å²) in [7, 11) is 0. The summed E-state index contributed by atoms with van der Waals surface area (Å²) < 4.78 is 3.19. The van der Waals surface area contributed by atoms with Crippen molar-refractivity contribution in [1.29, 1.82) is 0 Å².